The van der Waals surface area contributed by atoms with Crippen molar-refractivity contribution in [1.29, 1.82) is 0 Å². The second kappa shape index (κ2) is 6.18. The van der Waals surface area contributed by atoms with Gasteiger partial charge in [-0.25, -0.2) is 5.01 Å². The van der Waals surface area contributed by atoms with Gasteiger partial charge >= 0.3 is 0 Å². The van der Waals surface area contributed by atoms with E-state index in [0.717, 1.165) is 12.8 Å². The Balaban J connectivity index is 2.05. The number of hydrazine groups is 1. The van der Waals surface area contributed by atoms with Crippen LogP contribution in [0.2, 0.25) is 0 Å². The van der Waals surface area contributed by atoms with E-state index >= 15 is 0 Å². The van der Waals surface area contributed by atoms with Crippen molar-refractivity contribution in [2.45, 2.75) is 51.2 Å². The van der Waals surface area contributed by atoms with Crippen molar-refractivity contribution in [3.8, 4) is 0 Å². The molecule has 5 nitrogen and oxygen atoms in total. The first-order chi connectivity index (χ1) is 7.56. The number of β-amino-alcohol motifs (C(OH)–C–C–N with tert-alkyl or cyclic N) is 2. The fourth-order valence-electron chi connectivity index (χ4n) is 1.83. The van der Waals surface area contributed by atoms with Crippen LogP contribution in [-0.2, 0) is 4.79 Å². The summed E-state index contributed by atoms with van der Waals surface area (Å²) in [5.41, 5.74) is 2.44. The lowest BCUT2D eigenvalue weighted by atomic mass is 10.1. The van der Waals surface area contributed by atoms with Crippen LogP contribution in [0, 0.1) is 0 Å². The highest BCUT2D eigenvalue weighted by atomic mass is 16.5. The Labute approximate surface area is 96.4 Å². The molecule has 0 bridgehead atoms. The van der Waals surface area contributed by atoms with Crippen molar-refractivity contribution in [3.63, 3.8) is 0 Å². The van der Waals surface area contributed by atoms with Crippen LogP contribution in [0.3, 0.4) is 0 Å². The van der Waals surface area contributed by atoms with E-state index < -0.39 is 11.7 Å². The third-order valence-corrected chi connectivity index (χ3v) is 2.82. The number of carbonyl (C=O) groups excluding carboxylic acids is 1. The van der Waals surface area contributed by atoms with Gasteiger partial charge in [0.15, 0.2) is 0 Å². The Morgan fingerprint density at radius 2 is 1.88 bits per heavy atom. The SMILES string of the molecule is CCCCCCCCN1CC(O)(O)C(=O)N1. The molecule has 1 amide bonds. The van der Waals surface area contributed by atoms with Crippen LogP contribution in [0.5, 0.6) is 0 Å². The van der Waals surface area contributed by atoms with E-state index in [1.165, 1.54) is 25.7 Å². The maximum atomic E-state index is 11.0. The smallest absolute Gasteiger partial charge is 0.295 e. The first-order valence-electron chi connectivity index (χ1n) is 6.07. The summed E-state index contributed by atoms with van der Waals surface area (Å²) in [5.74, 6) is -2.93. The normalized spacial score (nSPS) is 20.1. The summed E-state index contributed by atoms with van der Waals surface area (Å²) in [4.78, 5) is 11.0. The van der Waals surface area contributed by atoms with E-state index in [4.69, 9.17) is 0 Å². The number of hydrogen-bond acceptors (Lipinski definition) is 4. The lowest BCUT2D eigenvalue weighted by molar-refractivity contribution is -0.173. The third-order valence-electron chi connectivity index (χ3n) is 2.82. The zero-order valence-electron chi connectivity index (χ0n) is 9.91. The molecule has 0 radical (unpaired) electrons. The van der Waals surface area contributed by atoms with Crippen LogP contribution < -0.4 is 5.43 Å². The molecule has 0 aliphatic carbocycles. The van der Waals surface area contributed by atoms with Gasteiger partial charge in [-0.3, -0.25) is 10.2 Å². The minimum atomic E-state index is -2.21. The highest BCUT2D eigenvalue weighted by Gasteiger charge is 2.42. The second-order valence-electron chi connectivity index (χ2n) is 4.45. The van der Waals surface area contributed by atoms with Crippen molar-refractivity contribution in [1.82, 2.24) is 10.4 Å². The molecule has 0 unspecified atom stereocenters. The Morgan fingerprint density at radius 3 is 2.44 bits per heavy atom. The molecular weight excluding hydrogens is 208 g/mol. The van der Waals surface area contributed by atoms with Gasteiger partial charge in [0.05, 0.1) is 6.54 Å². The Morgan fingerprint density at radius 1 is 1.25 bits per heavy atom. The van der Waals surface area contributed by atoms with E-state index in [9.17, 15) is 15.0 Å². The van der Waals surface area contributed by atoms with E-state index in [1.54, 1.807) is 5.01 Å². The molecule has 1 rings (SSSR count). The molecule has 1 fully saturated rings. The first-order valence-corrected chi connectivity index (χ1v) is 6.07. The number of aliphatic hydroxyl groups is 2. The van der Waals surface area contributed by atoms with Gasteiger partial charge in [-0.05, 0) is 6.42 Å². The molecule has 0 atom stereocenters. The Bertz CT molecular complexity index is 231. The molecular formula is C11H22N2O3. The van der Waals surface area contributed by atoms with Crippen molar-refractivity contribution >= 4 is 5.91 Å². The molecule has 16 heavy (non-hydrogen) atoms. The van der Waals surface area contributed by atoms with Gasteiger partial charge in [-0.15, -0.1) is 0 Å². The molecule has 0 aromatic rings. The van der Waals surface area contributed by atoms with Crippen molar-refractivity contribution in [3.05, 3.63) is 0 Å². The van der Waals surface area contributed by atoms with Crippen LogP contribution in [-0.4, -0.2) is 40.0 Å². The molecule has 0 aromatic carbocycles. The van der Waals surface area contributed by atoms with Gasteiger partial charge < -0.3 is 10.2 Å². The average molecular weight is 230 g/mol. The zero-order chi connectivity index (χ0) is 12.0. The third kappa shape index (κ3) is 4.08. The summed E-state index contributed by atoms with van der Waals surface area (Å²) >= 11 is 0. The number of nitrogens with zero attached hydrogens (tertiary/aromatic N) is 1. The molecule has 0 aromatic heterocycles. The van der Waals surface area contributed by atoms with Gasteiger partial charge in [0, 0.05) is 6.54 Å². The minimum Gasteiger partial charge on any atom is -0.357 e. The number of nitrogens with one attached hydrogen (secondary N) is 1. The maximum Gasteiger partial charge on any atom is 0.295 e. The largest absolute Gasteiger partial charge is 0.357 e. The molecule has 94 valence electrons. The fraction of sp³-hybridized carbons (Fsp3) is 0.909. The number of hydrogen-bond donors (Lipinski definition) is 3. The maximum absolute atomic E-state index is 11.0. The predicted octanol–water partition coefficient (Wildman–Crippen LogP) is 0.375. The topological polar surface area (TPSA) is 72.8 Å². The Kier molecular flexibility index (Phi) is 5.18. The van der Waals surface area contributed by atoms with Gasteiger partial charge in [0.1, 0.15) is 0 Å². The van der Waals surface area contributed by atoms with Crippen LogP contribution in [0.15, 0.2) is 0 Å². The van der Waals surface area contributed by atoms with E-state index in [2.05, 4.69) is 12.3 Å². The van der Waals surface area contributed by atoms with Crippen molar-refractivity contribution in [2.24, 2.45) is 0 Å². The first kappa shape index (κ1) is 13.4. The highest BCUT2D eigenvalue weighted by Crippen LogP contribution is 2.12. The average Bonchev–Trinajstić information content (AvgIpc) is 2.47. The van der Waals surface area contributed by atoms with Gasteiger partial charge in [0.2, 0.25) is 0 Å². The van der Waals surface area contributed by atoms with Crippen LogP contribution >= 0.6 is 0 Å². The van der Waals surface area contributed by atoms with Crippen LogP contribution in [0.1, 0.15) is 45.4 Å². The Hall–Kier alpha value is -0.650. The molecule has 1 aliphatic rings. The van der Waals surface area contributed by atoms with Gasteiger partial charge in [0.25, 0.3) is 11.7 Å². The van der Waals surface area contributed by atoms with Crippen molar-refractivity contribution < 1.29 is 15.0 Å². The number of rotatable bonds is 7. The molecule has 5 heteroatoms. The summed E-state index contributed by atoms with van der Waals surface area (Å²) in [6.07, 6.45) is 7.07. The van der Waals surface area contributed by atoms with Crippen LogP contribution in [0.25, 0.3) is 0 Å². The monoisotopic (exact) mass is 230 g/mol. The summed E-state index contributed by atoms with van der Waals surface area (Å²) in [5, 5.41) is 20.0. The highest BCUT2D eigenvalue weighted by molar-refractivity contribution is 5.84. The van der Waals surface area contributed by atoms with Crippen molar-refractivity contribution in [2.75, 3.05) is 13.1 Å². The summed E-state index contributed by atoms with van der Waals surface area (Å²) < 4.78 is 0. The van der Waals surface area contributed by atoms with Crippen LogP contribution in [0.4, 0.5) is 0 Å². The molecule has 0 spiro atoms. The standard InChI is InChI=1S/C11H22N2O3/c1-2-3-4-5-6-7-8-13-9-11(15,16)10(14)12-13/h15-16H,2-9H2,1H3,(H,12,14). The fourth-order valence-corrected chi connectivity index (χ4v) is 1.83. The summed E-state index contributed by atoms with van der Waals surface area (Å²) in [7, 11) is 0. The molecule has 1 heterocycles. The summed E-state index contributed by atoms with van der Waals surface area (Å²) in [6.45, 7) is 2.82. The number of unbranched alkanes of at least 4 members (excludes halogenated alkanes) is 5. The van der Waals surface area contributed by atoms with E-state index in [0.29, 0.717) is 6.54 Å². The lowest BCUT2D eigenvalue weighted by Gasteiger charge is -2.14. The zero-order valence-corrected chi connectivity index (χ0v) is 9.91. The van der Waals surface area contributed by atoms with Gasteiger partial charge in [-0.1, -0.05) is 39.0 Å². The molecule has 0 saturated carbocycles. The second-order valence-corrected chi connectivity index (χ2v) is 4.45. The van der Waals surface area contributed by atoms with Gasteiger partial charge in [-0.2, -0.15) is 0 Å². The summed E-state index contributed by atoms with van der Waals surface area (Å²) in [6, 6.07) is 0. The molecule has 1 aliphatic heterocycles. The van der Waals surface area contributed by atoms with E-state index in [1.807, 2.05) is 0 Å². The lowest BCUT2D eigenvalue weighted by Crippen LogP contribution is -2.39. The number of carbonyl (C=O) groups is 1. The molecule has 1 saturated heterocycles. The molecule has 3 N–H and O–H groups in total. The minimum absolute atomic E-state index is 0.0409. The quantitative estimate of drug-likeness (QED) is 0.436. The van der Waals surface area contributed by atoms with E-state index in [-0.39, 0.29) is 6.54 Å². The number of amides is 1. The predicted molar refractivity (Wildman–Crippen MR) is 60.3 cm³/mol.